The summed E-state index contributed by atoms with van der Waals surface area (Å²) in [5.41, 5.74) is 1.77. The molecule has 1 aliphatic rings. The Morgan fingerprint density at radius 1 is 1.44 bits per heavy atom. The molecule has 1 atom stereocenters. The Morgan fingerprint density at radius 2 is 2.28 bits per heavy atom. The largest absolute Gasteiger partial charge is 0.348 e. The molecule has 0 bridgehead atoms. The molecule has 0 spiro atoms. The summed E-state index contributed by atoms with van der Waals surface area (Å²) in [7, 11) is 0. The zero-order chi connectivity index (χ0) is 13.0. The highest BCUT2D eigenvalue weighted by Crippen LogP contribution is 2.16. The molecular formula is C14H19BrN2O. The highest BCUT2D eigenvalue weighted by atomic mass is 79.9. The minimum absolute atomic E-state index is 0.0301. The summed E-state index contributed by atoms with van der Waals surface area (Å²) in [5.74, 6) is 0.0301. The lowest BCUT2D eigenvalue weighted by Gasteiger charge is -2.17. The Morgan fingerprint density at radius 3 is 3.11 bits per heavy atom. The van der Waals surface area contributed by atoms with Crippen LogP contribution in [0.1, 0.15) is 35.2 Å². The number of amides is 1. The molecular weight excluding hydrogens is 292 g/mol. The predicted octanol–water partition coefficient (Wildman–Crippen LogP) is 2.63. The first-order valence-electron chi connectivity index (χ1n) is 6.44. The van der Waals surface area contributed by atoms with Crippen molar-refractivity contribution in [3.8, 4) is 0 Å². The van der Waals surface area contributed by atoms with Crippen molar-refractivity contribution in [2.45, 2.75) is 32.2 Å². The molecule has 1 aromatic rings. The second-order valence-corrected chi connectivity index (χ2v) is 5.75. The van der Waals surface area contributed by atoms with Crippen LogP contribution in [0.25, 0.3) is 0 Å². The normalized spacial score (nSPS) is 20.2. The Labute approximate surface area is 116 Å². The smallest absolute Gasteiger partial charge is 0.251 e. The molecule has 98 valence electrons. The van der Waals surface area contributed by atoms with Crippen molar-refractivity contribution in [1.29, 1.82) is 0 Å². The van der Waals surface area contributed by atoms with Crippen LogP contribution in [-0.4, -0.2) is 25.0 Å². The molecule has 1 saturated heterocycles. The van der Waals surface area contributed by atoms with Crippen LogP contribution in [0, 0.1) is 6.92 Å². The summed E-state index contributed by atoms with van der Waals surface area (Å²) >= 11 is 3.41. The third-order valence-electron chi connectivity index (χ3n) is 3.33. The molecule has 3 nitrogen and oxygen atoms in total. The van der Waals surface area contributed by atoms with E-state index in [-0.39, 0.29) is 11.9 Å². The van der Waals surface area contributed by atoms with Crippen molar-refractivity contribution in [3.63, 3.8) is 0 Å². The molecule has 0 aromatic heterocycles. The van der Waals surface area contributed by atoms with E-state index < -0.39 is 0 Å². The second-order valence-electron chi connectivity index (χ2n) is 4.83. The fourth-order valence-corrected chi connectivity index (χ4v) is 2.61. The minimum atomic E-state index is 0.0301. The highest BCUT2D eigenvalue weighted by Gasteiger charge is 2.16. The van der Waals surface area contributed by atoms with E-state index >= 15 is 0 Å². The molecule has 1 unspecified atom stereocenters. The number of rotatable bonds is 2. The fraction of sp³-hybridized carbons (Fsp3) is 0.500. The van der Waals surface area contributed by atoms with Crippen LogP contribution in [0.3, 0.4) is 0 Å². The second kappa shape index (κ2) is 6.34. The summed E-state index contributed by atoms with van der Waals surface area (Å²) in [6, 6.07) is 6.05. The molecule has 0 aliphatic carbocycles. The van der Waals surface area contributed by atoms with E-state index in [1.54, 1.807) is 0 Å². The van der Waals surface area contributed by atoms with Gasteiger partial charge in [-0.2, -0.15) is 0 Å². The SMILES string of the molecule is Cc1ccc(Br)cc1C(=O)NC1CCCCNC1. The molecule has 2 rings (SSSR count). The number of carbonyl (C=O) groups excluding carboxylic acids is 1. The van der Waals surface area contributed by atoms with Crippen LogP contribution in [0.5, 0.6) is 0 Å². The van der Waals surface area contributed by atoms with Gasteiger partial charge in [0, 0.05) is 22.6 Å². The number of nitrogens with one attached hydrogen (secondary N) is 2. The van der Waals surface area contributed by atoms with Gasteiger partial charge >= 0.3 is 0 Å². The van der Waals surface area contributed by atoms with Crippen LogP contribution in [0.2, 0.25) is 0 Å². The molecule has 1 fully saturated rings. The lowest BCUT2D eigenvalue weighted by atomic mass is 10.1. The third-order valence-corrected chi connectivity index (χ3v) is 3.82. The van der Waals surface area contributed by atoms with Gasteiger partial charge in [-0.1, -0.05) is 28.4 Å². The van der Waals surface area contributed by atoms with Crippen molar-refractivity contribution in [2.24, 2.45) is 0 Å². The van der Waals surface area contributed by atoms with Crippen molar-refractivity contribution in [3.05, 3.63) is 33.8 Å². The Kier molecular flexibility index (Phi) is 4.78. The minimum Gasteiger partial charge on any atom is -0.348 e. The van der Waals surface area contributed by atoms with Crippen LogP contribution < -0.4 is 10.6 Å². The lowest BCUT2D eigenvalue weighted by Crippen LogP contribution is -2.41. The lowest BCUT2D eigenvalue weighted by molar-refractivity contribution is 0.0935. The summed E-state index contributed by atoms with van der Waals surface area (Å²) < 4.78 is 0.942. The first-order chi connectivity index (χ1) is 8.66. The first kappa shape index (κ1) is 13.6. The number of hydrogen-bond donors (Lipinski definition) is 2. The highest BCUT2D eigenvalue weighted by molar-refractivity contribution is 9.10. The van der Waals surface area contributed by atoms with Crippen LogP contribution in [0.15, 0.2) is 22.7 Å². The van der Waals surface area contributed by atoms with Gasteiger partial charge in [-0.3, -0.25) is 4.79 Å². The van der Waals surface area contributed by atoms with E-state index in [2.05, 4.69) is 26.6 Å². The van der Waals surface area contributed by atoms with Crippen molar-refractivity contribution < 1.29 is 4.79 Å². The average Bonchev–Trinajstić information content (AvgIpc) is 2.61. The zero-order valence-electron chi connectivity index (χ0n) is 10.6. The van der Waals surface area contributed by atoms with E-state index in [0.29, 0.717) is 0 Å². The van der Waals surface area contributed by atoms with E-state index in [0.717, 1.165) is 35.1 Å². The van der Waals surface area contributed by atoms with E-state index in [4.69, 9.17) is 0 Å². The maximum atomic E-state index is 12.2. The van der Waals surface area contributed by atoms with E-state index in [1.165, 1.54) is 12.8 Å². The van der Waals surface area contributed by atoms with Crippen LogP contribution in [0.4, 0.5) is 0 Å². The molecule has 1 amide bonds. The topological polar surface area (TPSA) is 41.1 Å². The average molecular weight is 311 g/mol. The third kappa shape index (κ3) is 3.56. The molecule has 4 heteroatoms. The van der Waals surface area contributed by atoms with Gasteiger partial charge in [0.25, 0.3) is 5.91 Å². The van der Waals surface area contributed by atoms with Crippen LogP contribution >= 0.6 is 15.9 Å². The van der Waals surface area contributed by atoms with Gasteiger partial charge in [0.2, 0.25) is 0 Å². The number of hydrogen-bond acceptors (Lipinski definition) is 2. The molecule has 18 heavy (non-hydrogen) atoms. The van der Waals surface area contributed by atoms with Gasteiger partial charge in [-0.25, -0.2) is 0 Å². The molecule has 1 aliphatic heterocycles. The van der Waals surface area contributed by atoms with E-state index in [1.807, 2.05) is 25.1 Å². The van der Waals surface area contributed by atoms with Gasteiger partial charge in [0.05, 0.1) is 0 Å². The number of halogens is 1. The standard InChI is InChI=1S/C14H19BrN2O/c1-10-5-6-11(15)8-13(10)14(18)17-12-4-2-3-7-16-9-12/h5-6,8,12,16H,2-4,7,9H2,1H3,(H,17,18). The summed E-state index contributed by atoms with van der Waals surface area (Å²) in [4.78, 5) is 12.2. The van der Waals surface area contributed by atoms with Gasteiger partial charge in [-0.05, 0) is 44.0 Å². The maximum Gasteiger partial charge on any atom is 0.251 e. The maximum absolute atomic E-state index is 12.2. The first-order valence-corrected chi connectivity index (χ1v) is 7.24. The summed E-state index contributed by atoms with van der Waals surface area (Å²) in [5, 5.41) is 6.48. The molecule has 0 radical (unpaired) electrons. The molecule has 1 heterocycles. The quantitative estimate of drug-likeness (QED) is 0.881. The zero-order valence-corrected chi connectivity index (χ0v) is 12.2. The van der Waals surface area contributed by atoms with Gasteiger partial charge in [-0.15, -0.1) is 0 Å². The Balaban J connectivity index is 2.04. The summed E-state index contributed by atoms with van der Waals surface area (Å²) in [6.07, 6.45) is 3.43. The predicted molar refractivity (Wildman–Crippen MR) is 76.9 cm³/mol. The van der Waals surface area contributed by atoms with Crippen molar-refractivity contribution in [2.75, 3.05) is 13.1 Å². The Bertz CT molecular complexity index is 426. The van der Waals surface area contributed by atoms with Gasteiger partial charge in [0.1, 0.15) is 0 Å². The molecule has 2 N–H and O–H groups in total. The van der Waals surface area contributed by atoms with Gasteiger partial charge in [0.15, 0.2) is 0 Å². The monoisotopic (exact) mass is 310 g/mol. The Hall–Kier alpha value is -0.870. The van der Waals surface area contributed by atoms with Crippen molar-refractivity contribution in [1.82, 2.24) is 10.6 Å². The van der Waals surface area contributed by atoms with Crippen LogP contribution in [-0.2, 0) is 0 Å². The number of benzene rings is 1. The fourth-order valence-electron chi connectivity index (χ4n) is 2.24. The van der Waals surface area contributed by atoms with E-state index in [9.17, 15) is 4.79 Å². The van der Waals surface area contributed by atoms with Gasteiger partial charge < -0.3 is 10.6 Å². The number of aryl methyl sites for hydroxylation is 1. The molecule has 1 aromatic carbocycles. The summed E-state index contributed by atoms with van der Waals surface area (Å²) in [6.45, 7) is 3.90. The number of carbonyl (C=O) groups is 1. The van der Waals surface area contributed by atoms with Crippen molar-refractivity contribution >= 4 is 21.8 Å². The molecule has 0 saturated carbocycles.